The van der Waals surface area contributed by atoms with Crippen molar-refractivity contribution in [2.75, 3.05) is 0 Å². The smallest absolute Gasteiger partial charge is 0.266 e. The van der Waals surface area contributed by atoms with Gasteiger partial charge in [-0.2, -0.15) is 10.4 Å². The standard InChI is InChI=1S/C16H15N3O/c1-12-10-13(2)19(16(20)15(12)11-17)18-9-8-14-6-4-3-5-7-14/h3-7,9-10H,8H2,1-2H3/b18-9+. The topological polar surface area (TPSA) is 58.1 Å². The molecule has 1 aromatic carbocycles. The lowest BCUT2D eigenvalue weighted by atomic mass is 10.1. The first-order chi connectivity index (χ1) is 9.63. The second-order valence-corrected chi connectivity index (χ2v) is 4.56. The first kappa shape index (κ1) is 13.8. The van der Waals surface area contributed by atoms with Gasteiger partial charge >= 0.3 is 0 Å². The van der Waals surface area contributed by atoms with Crippen molar-refractivity contribution in [1.82, 2.24) is 4.68 Å². The van der Waals surface area contributed by atoms with Crippen molar-refractivity contribution in [3.63, 3.8) is 0 Å². The van der Waals surface area contributed by atoms with E-state index in [1.165, 1.54) is 4.68 Å². The summed E-state index contributed by atoms with van der Waals surface area (Å²) in [5.74, 6) is 0. The van der Waals surface area contributed by atoms with Crippen LogP contribution in [0.25, 0.3) is 0 Å². The van der Waals surface area contributed by atoms with Crippen LogP contribution in [0.1, 0.15) is 22.4 Å². The van der Waals surface area contributed by atoms with Gasteiger partial charge in [0.15, 0.2) is 0 Å². The number of nitriles is 1. The average Bonchev–Trinajstić information content (AvgIpc) is 2.44. The molecular weight excluding hydrogens is 250 g/mol. The first-order valence-corrected chi connectivity index (χ1v) is 6.33. The van der Waals surface area contributed by atoms with Crippen LogP contribution in [0.5, 0.6) is 0 Å². The van der Waals surface area contributed by atoms with E-state index in [9.17, 15) is 4.79 Å². The predicted molar refractivity (Wildman–Crippen MR) is 78.9 cm³/mol. The highest BCUT2D eigenvalue weighted by Crippen LogP contribution is 2.05. The Morgan fingerprint density at radius 3 is 2.65 bits per heavy atom. The zero-order chi connectivity index (χ0) is 14.5. The quantitative estimate of drug-likeness (QED) is 0.800. The van der Waals surface area contributed by atoms with E-state index in [2.05, 4.69) is 5.10 Å². The Morgan fingerprint density at radius 1 is 1.30 bits per heavy atom. The zero-order valence-electron chi connectivity index (χ0n) is 11.5. The van der Waals surface area contributed by atoms with Crippen LogP contribution in [0.3, 0.4) is 0 Å². The van der Waals surface area contributed by atoms with Crippen molar-refractivity contribution in [3.05, 3.63) is 69.1 Å². The summed E-state index contributed by atoms with van der Waals surface area (Å²) in [6, 6.07) is 13.6. The Morgan fingerprint density at radius 2 is 2.00 bits per heavy atom. The van der Waals surface area contributed by atoms with E-state index in [1.54, 1.807) is 26.1 Å². The van der Waals surface area contributed by atoms with Gasteiger partial charge in [-0.25, -0.2) is 4.68 Å². The summed E-state index contributed by atoms with van der Waals surface area (Å²) in [5, 5.41) is 13.2. The van der Waals surface area contributed by atoms with Crippen molar-refractivity contribution in [2.24, 2.45) is 5.10 Å². The molecular formula is C16H15N3O. The number of rotatable bonds is 3. The number of nitrogens with zero attached hydrogens (tertiary/aromatic N) is 3. The van der Waals surface area contributed by atoms with Crippen LogP contribution >= 0.6 is 0 Å². The summed E-state index contributed by atoms with van der Waals surface area (Å²) in [4.78, 5) is 12.1. The maximum atomic E-state index is 12.1. The summed E-state index contributed by atoms with van der Waals surface area (Å²) >= 11 is 0. The van der Waals surface area contributed by atoms with Gasteiger partial charge in [-0.05, 0) is 31.0 Å². The van der Waals surface area contributed by atoms with Crippen LogP contribution in [0.15, 0.2) is 46.3 Å². The summed E-state index contributed by atoms with van der Waals surface area (Å²) in [6.45, 7) is 3.56. The van der Waals surface area contributed by atoms with Gasteiger partial charge in [-0.15, -0.1) is 0 Å². The van der Waals surface area contributed by atoms with E-state index in [0.29, 0.717) is 12.0 Å². The lowest BCUT2D eigenvalue weighted by Crippen LogP contribution is -2.22. The van der Waals surface area contributed by atoms with Gasteiger partial charge in [0.1, 0.15) is 11.6 Å². The Hall–Kier alpha value is -2.67. The monoisotopic (exact) mass is 265 g/mol. The van der Waals surface area contributed by atoms with Gasteiger partial charge in [-0.1, -0.05) is 30.3 Å². The fourth-order valence-corrected chi connectivity index (χ4v) is 2.00. The fourth-order valence-electron chi connectivity index (χ4n) is 2.00. The molecule has 4 heteroatoms. The van der Waals surface area contributed by atoms with E-state index < -0.39 is 0 Å². The summed E-state index contributed by atoms with van der Waals surface area (Å²) in [6.07, 6.45) is 2.32. The molecule has 1 aromatic heterocycles. The highest BCUT2D eigenvalue weighted by molar-refractivity contribution is 5.61. The number of benzene rings is 1. The Balaban J connectivity index is 2.31. The van der Waals surface area contributed by atoms with E-state index >= 15 is 0 Å². The van der Waals surface area contributed by atoms with Crippen LogP contribution in [-0.4, -0.2) is 10.9 Å². The molecule has 0 unspecified atom stereocenters. The van der Waals surface area contributed by atoms with E-state index in [0.717, 1.165) is 11.3 Å². The number of pyridine rings is 1. The van der Waals surface area contributed by atoms with Gasteiger partial charge in [0.05, 0.1) is 0 Å². The maximum absolute atomic E-state index is 12.1. The molecule has 0 saturated carbocycles. The Kier molecular flexibility index (Phi) is 4.11. The molecule has 0 atom stereocenters. The summed E-state index contributed by atoms with van der Waals surface area (Å²) in [7, 11) is 0. The zero-order valence-corrected chi connectivity index (χ0v) is 11.5. The van der Waals surface area contributed by atoms with Crippen LogP contribution in [-0.2, 0) is 6.42 Å². The molecule has 0 aliphatic heterocycles. The van der Waals surface area contributed by atoms with Crippen molar-refractivity contribution < 1.29 is 0 Å². The minimum absolute atomic E-state index is 0.146. The molecule has 0 radical (unpaired) electrons. The van der Waals surface area contributed by atoms with Gasteiger partial charge in [0.25, 0.3) is 5.56 Å². The summed E-state index contributed by atoms with van der Waals surface area (Å²) < 4.78 is 1.27. The third kappa shape index (κ3) is 2.83. The molecule has 0 fully saturated rings. The molecule has 100 valence electrons. The number of hydrogen-bond acceptors (Lipinski definition) is 3. The highest BCUT2D eigenvalue weighted by Gasteiger charge is 2.08. The van der Waals surface area contributed by atoms with Crippen LogP contribution < -0.4 is 5.56 Å². The number of aryl methyl sites for hydroxylation is 2. The van der Waals surface area contributed by atoms with Crippen molar-refractivity contribution in [2.45, 2.75) is 20.3 Å². The lowest BCUT2D eigenvalue weighted by Gasteiger charge is -2.06. The lowest BCUT2D eigenvalue weighted by molar-refractivity contribution is 0.784. The number of hydrogen-bond donors (Lipinski definition) is 0. The van der Waals surface area contributed by atoms with E-state index in [4.69, 9.17) is 5.26 Å². The molecule has 2 aromatic rings. The molecule has 4 nitrogen and oxygen atoms in total. The second kappa shape index (κ2) is 5.98. The molecule has 0 spiro atoms. The normalized spacial score (nSPS) is 10.7. The maximum Gasteiger partial charge on any atom is 0.289 e. The van der Waals surface area contributed by atoms with E-state index in [-0.39, 0.29) is 11.1 Å². The van der Waals surface area contributed by atoms with Gasteiger partial charge in [0, 0.05) is 18.3 Å². The van der Waals surface area contributed by atoms with Gasteiger partial charge < -0.3 is 0 Å². The Bertz CT molecular complexity index is 737. The van der Waals surface area contributed by atoms with Crippen LogP contribution in [0.2, 0.25) is 0 Å². The van der Waals surface area contributed by atoms with E-state index in [1.807, 2.05) is 36.4 Å². The minimum atomic E-state index is -0.366. The first-order valence-electron chi connectivity index (χ1n) is 6.33. The van der Waals surface area contributed by atoms with Crippen molar-refractivity contribution in [3.8, 4) is 6.07 Å². The van der Waals surface area contributed by atoms with Gasteiger partial charge in [-0.3, -0.25) is 4.79 Å². The third-order valence-electron chi connectivity index (χ3n) is 3.04. The molecule has 0 aliphatic rings. The SMILES string of the molecule is Cc1cc(C)n(/N=C/Cc2ccccc2)c(=O)c1C#N. The largest absolute Gasteiger partial charge is 0.289 e. The molecule has 0 N–H and O–H groups in total. The predicted octanol–water partition coefficient (Wildman–Crippen LogP) is 2.41. The fraction of sp³-hybridized carbons (Fsp3) is 0.188. The third-order valence-corrected chi connectivity index (χ3v) is 3.04. The van der Waals surface area contributed by atoms with Crippen LogP contribution in [0.4, 0.5) is 0 Å². The molecule has 0 bridgehead atoms. The molecule has 0 amide bonds. The average molecular weight is 265 g/mol. The summed E-state index contributed by atoms with van der Waals surface area (Å²) in [5.41, 5.74) is 2.30. The van der Waals surface area contributed by atoms with Crippen LogP contribution in [0, 0.1) is 25.2 Å². The number of aromatic nitrogens is 1. The Labute approximate surface area is 117 Å². The molecule has 0 aliphatic carbocycles. The highest BCUT2D eigenvalue weighted by atomic mass is 16.1. The minimum Gasteiger partial charge on any atom is -0.266 e. The molecule has 0 saturated heterocycles. The molecule has 1 heterocycles. The second-order valence-electron chi connectivity index (χ2n) is 4.56. The molecule has 2 rings (SSSR count). The molecule has 20 heavy (non-hydrogen) atoms. The van der Waals surface area contributed by atoms with Crippen molar-refractivity contribution in [1.29, 1.82) is 5.26 Å². The van der Waals surface area contributed by atoms with Gasteiger partial charge in [0.2, 0.25) is 0 Å². The van der Waals surface area contributed by atoms with Crippen molar-refractivity contribution >= 4 is 6.21 Å².